The summed E-state index contributed by atoms with van der Waals surface area (Å²) in [5.41, 5.74) is 2.80. The summed E-state index contributed by atoms with van der Waals surface area (Å²) in [7, 11) is 0. The fourth-order valence-corrected chi connectivity index (χ4v) is 4.19. The number of aromatic hydroxyl groups is 1. The maximum Gasteiger partial charge on any atom is 0.321 e. The number of aryl methyl sites for hydroxylation is 2. The van der Waals surface area contributed by atoms with Gasteiger partial charge in [0.2, 0.25) is 11.8 Å². The number of nitrogens with one attached hydrogen (secondary N) is 1. The Morgan fingerprint density at radius 1 is 1.00 bits per heavy atom. The number of imide groups is 1. The predicted octanol–water partition coefficient (Wildman–Crippen LogP) is 1.91. The number of aliphatic carboxylic acids is 1. The molecule has 2 aliphatic heterocycles. The third-order valence-corrected chi connectivity index (χ3v) is 5.76. The second kappa shape index (κ2) is 6.45. The van der Waals surface area contributed by atoms with E-state index in [1.807, 2.05) is 19.9 Å². The van der Waals surface area contributed by atoms with E-state index in [9.17, 15) is 24.6 Å². The highest BCUT2D eigenvalue weighted by Crippen LogP contribution is 2.47. The van der Waals surface area contributed by atoms with Crippen molar-refractivity contribution in [3.05, 3.63) is 59.2 Å². The highest BCUT2D eigenvalue weighted by molar-refractivity contribution is 6.23. The number of hydrogen-bond donors (Lipinski definition) is 3. The quantitative estimate of drug-likeness (QED) is 0.703. The average Bonchev–Trinajstić information content (AvgIpc) is 3.16. The Morgan fingerprint density at radius 2 is 1.68 bits per heavy atom. The molecule has 2 aliphatic rings. The van der Waals surface area contributed by atoms with E-state index in [4.69, 9.17) is 0 Å². The lowest BCUT2D eigenvalue weighted by atomic mass is 9.86. The van der Waals surface area contributed by atoms with Crippen LogP contribution in [-0.2, 0) is 14.4 Å². The normalized spacial score (nSPS) is 26.6. The van der Waals surface area contributed by atoms with Gasteiger partial charge in [0.1, 0.15) is 11.8 Å². The molecule has 28 heavy (non-hydrogen) atoms. The molecule has 4 rings (SSSR count). The molecule has 0 saturated carbocycles. The Morgan fingerprint density at radius 3 is 2.32 bits per heavy atom. The van der Waals surface area contributed by atoms with Gasteiger partial charge in [-0.1, -0.05) is 24.3 Å². The van der Waals surface area contributed by atoms with Crippen molar-refractivity contribution in [1.29, 1.82) is 0 Å². The van der Waals surface area contributed by atoms with Crippen molar-refractivity contribution >= 4 is 23.5 Å². The number of phenolic OH excluding ortho intramolecular Hbond substituents is 1. The lowest BCUT2D eigenvalue weighted by Gasteiger charge is -2.22. The van der Waals surface area contributed by atoms with Crippen LogP contribution in [0.5, 0.6) is 5.75 Å². The van der Waals surface area contributed by atoms with Crippen LogP contribution in [0.25, 0.3) is 0 Å². The van der Waals surface area contributed by atoms with Crippen LogP contribution < -0.4 is 10.2 Å². The molecule has 2 aromatic rings. The lowest BCUT2D eigenvalue weighted by Crippen LogP contribution is -2.43. The van der Waals surface area contributed by atoms with Gasteiger partial charge in [-0.2, -0.15) is 0 Å². The van der Waals surface area contributed by atoms with Crippen molar-refractivity contribution < 1.29 is 24.6 Å². The number of fused-ring (bicyclic) bond motifs is 1. The van der Waals surface area contributed by atoms with E-state index in [1.165, 1.54) is 6.07 Å². The first-order valence-corrected chi connectivity index (χ1v) is 9.03. The van der Waals surface area contributed by atoms with Crippen LogP contribution in [0.2, 0.25) is 0 Å². The van der Waals surface area contributed by atoms with Gasteiger partial charge in [-0.3, -0.25) is 19.7 Å². The summed E-state index contributed by atoms with van der Waals surface area (Å²) < 4.78 is 0. The highest BCUT2D eigenvalue weighted by Gasteiger charge is 2.61. The van der Waals surface area contributed by atoms with Gasteiger partial charge < -0.3 is 10.2 Å². The summed E-state index contributed by atoms with van der Waals surface area (Å²) >= 11 is 0. The molecule has 2 amide bonds. The number of anilines is 1. The number of carboxylic acid groups (broad SMARTS) is 1. The molecule has 2 aromatic carbocycles. The molecule has 0 aromatic heterocycles. The number of carboxylic acids is 1. The van der Waals surface area contributed by atoms with Crippen LogP contribution in [0.4, 0.5) is 5.69 Å². The largest absolute Gasteiger partial charge is 0.508 e. The standard InChI is InChI=1S/C21H20N2O5/c1-10-7-8-12(9-11(10)2)23-19(25)15-16(20(23)26)18(21(27)28)22-17(15)13-5-3-4-6-14(13)24/h3-9,15-18,22,24H,1-2H3,(H,27,28)/t15-,16-,17+,18+/m0/s1. The smallest absolute Gasteiger partial charge is 0.321 e. The van der Waals surface area contributed by atoms with E-state index in [1.54, 1.807) is 30.3 Å². The number of hydrogen-bond acceptors (Lipinski definition) is 5. The Balaban J connectivity index is 1.80. The molecular formula is C21H20N2O5. The van der Waals surface area contributed by atoms with E-state index in [-0.39, 0.29) is 5.75 Å². The second-order valence-corrected chi connectivity index (χ2v) is 7.35. The Bertz CT molecular complexity index is 1000. The van der Waals surface area contributed by atoms with Gasteiger partial charge in [-0.15, -0.1) is 0 Å². The van der Waals surface area contributed by atoms with E-state index >= 15 is 0 Å². The number of carbonyl (C=O) groups is 3. The van der Waals surface area contributed by atoms with Gasteiger partial charge in [0.05, 0.1) is 17.5 Å². The minimum absolute atomic E-state index is 0.0466. The van der Waals surface area contributed by atoms with Gasteiger partial charge >= 0.3 is 5.97 Å². The molecule has 2 heterocycles. The summed E-state index contributed by atoms with van der Waals surface area (Å²) in [6.45, 7) is 3.82. The van der Waals surface area contributed by atoms with Crippen LogP contribution in [0.15, 0.2) is 42.5 Å². The van der Waals surface area contributed by atoms with Crippen LogP contribution in [0.1, 0.15) is 22.7 Å². The lowest BCUT2D eigenvalue weighted by molar-refractivity contribution is -0.142. The third kappa shape index (κ3) is 2.58. The Hall–Kier alpha value is -3.19. The number of benzene rings is 2. The van der Waals surface area contributed by atoms with E-state index in [2.05, 4.69) is 5.32 Å². The number of carbonyl (C=O) groups excluding carboxylic acids is 2. The van der Waals surface area contributed by atoms with Crippen LogP contribution in [0, 0.1) is 25.7 Å². The highest BCUT2D eigenvalue weighted by atomic mass is 16.4. The van der Waals surface area contributed by atoms with E-state index in [0.717, 1.165) is 16.0 Å². The minimum atomic E-state index is -1.21. The summed E-state index contributed by atoms with van der Waals surface area (Å²) in [4.78, 5) is 39.2. The molecule has 3 N–H and O–H groups in total. The van der Waals surface area contributed by atoms with Crippen LogP contribution in [0.3, 0.4) is 0 Å². The van der Waals surface area contributed by atoms with Crippen molar-refractivity contribution in [2.75, 3.05) is 4.90 Å². The van der Waals surface area contributed by atoms with Gasteiger partial charge in [-0.25, -0.2) is 4.90 Å². The molecule has 0 aliphatic carbocycles. The van der Waals surface area contributed by atoms with Crippen molar-refractivity contribution in [2.45, 2.75) is 25.9 Å². The van der Waals surface area contributed by atoms with Crippen LogP contribution in [-0.4, -0.2) is 34.0 Å². The molecular weight excluding hydrogens is 360 g/mol. The summed E-state index contributed by atoms with van der Waals surface area (Å²) in [5, 5.41) is 22.7. The molecule has 0 bridgehead atoms. The zero-order valence-corrected chi connectivity index (χ0v) is 15.4. The molecule has 2 saturated heterocycles. The first-order valence-electron chi connectivity index (χ1n) is 9.03. The number of amides is 2. The zero-order valence-electron chi connectivity index (χ0n) is 15.4. The number of nitrogens with zero attached hydrogens (tertiary/aromatic N) is 1. The second-order valence-electron chi connectivity index (χ2n) is 7.35. The fraction of sp³-hybridized carbons (Fsp3) is 0.286. The maximum atomic E-state index is 13.2. The molecule has 144 valence electrons. The number of phenols is 1. The van der Waals surface area contributed by atoms with Crippen LogP contribution >= 0.6 is 0 Å². The fourth-order valence-electron chi connectivity index (χ4n) is 4.19. The first-order chi connectivity index (χ1) is 13.3. The summed E-state index contributed by atoms with van der Waals surface area (Å²) in [6.07, 6.45) is 0. The summed E-state index contributed by atoms with van der Waals surface area (Å²) in [5.74, 6) is -4.16. The molecule has 0 unspecified atom stereocenters. The topological polar surface area (TPSA) is 107 Å². The van der Waals surface area contributed by atoms with Gasteiger partial charge in [0.25, 0.3) is 0 Å². The van der Waals surface area contributed by atoms with Crippen molar-refractivity contribution in [2.24, 2.45) is 11.8 Å². The van der Waals surface area contributed by atoms with Crippen molar-refractivity contribution in [1.82, 2.24) is 5.32 Å². The average molecular weight is 380 g/mol. The minimum Gasteiger partial charge on any atom is -0.508 e. The molecule has 4 atom stereocenters. The molecule has 2 fully saturated rings. The van der Waals surface area contributed by atoms with Gasteiger partial charge in [0, 0.05) is 11.6 Å². The Labute approximate surface area is 161 Å². The van der Waals surface area contributed by atoms with Gasteiger partial charge in [0.15, 0.2) is 0 Å². The molecule has 7 heteroatoms. The molecule has 7 nitrogen and oxygen atoms in total. The Kier molecular flexibility index (Phi) is 4.19. The predicted molar refractivity (Wildman–Crippen MR) is 101 cm³/mol. The zero-order chi connectivity index (χ0) is 20.2. The van der Waals surface area contributed by atoms with Crippen molar-refractivity contribution in [3.8, 4) is 5.75 Å². The first kappa shape index (κ1) is 18.2. The third-order valence-electron chi connectivity index (χ3n) is 5.76. The SMILES string of the molecule is Cc1ccc(N2C(=O)[C@H]3[C@H](C2=O)[C@H](C(=O)O)N[C@@H]3c2ccccc2O)cc1C. The van der Waals surface area contributed by atoms with Gasteiger partial charge in [-0.05, 0) is 43.2 Å². The number of para-hydroxylation sites is 1. The maximum absolute atomic E-state index is 13.2. The van der Waals surface area contributed by atoms with Crippen molar-refractivity contribution in [3.63, 3.8) is 0 Å². The van der Waals surface area contributed by atoms with E-state index < -0.39 is 41.7 Å². The summed E-state index contributed by atoms with van der Waals surface area (Å²) in [6, 6.07) is 9.75. The number of rotatable bonds is 3. The monoisotopic (exact) mass is 380 g/mol. The van der Waals surface area contributed by atoms with E-state index in [0.29, 0.717) is 11.3 Å². The molecule has 0 spiro atoms. The molecule has 0 radical (unpaired) electrons.